The lowest BCUT2D eigenvalue weighted by atomic mass is 10.3. The minimum atomic E-state index is -0.842. The molecule has 6 heteroatoms. The molecule has 1 heterocycles. The van der Waals surface area contributed by atoms with Crippen LogP contribution >= 0.6 is 23.4 Å². The second-order valence-electron chi connectivity index (χ2n) is 4.19. The zero-order valence-electron chi connectivity index (χ0n) is 10.6. The molecule has 0 aliphatic heterocycles. The minimum absolute atomic E-state index is 0.00701. The molecule has 19 heavy (non-hydrogen) atoms. The van der Waals surface area contributed by atoms with Gasteiger partial charge in [-0.1, -0.05) is 42.8 Å². The molecule has 2 aromatic rings. The zero-order valence-corrected chi connectivity index (χ0v) is 12.2. The van der Waals surface area contributed by atoms with E-state index in [-0.39, 0.29) is 5.75 Å². The predicted molar refractivity (Wildman–Crippen MR) is 78.0 cm³/mol. The van der Waals surface area contributed by atoms with Crippen LogP contribution in [0.15, 0.2) is 23.4 Å². The summed E-state index contributed by atoms with van der Waals surface area (Å²) in [6.07, 6.45) is 2.10. The first-order valence-electron chi connectivity index (χ1n) is 6.12. The maximum atomic E-state index is 10.7. The van der Waals surface area contributed by atoms with Crippen molar-refractivity contribution in [3.8, 4) is 0 Å². The lowest BCUT2D eigenvalue weighted by Gasteiger charge is -2.07. The molecule has 0 aliphatic carbocycles. The highest BCUT2D eigenvalue weighted by Gasteiger charge is 2.14. The summed E-state index contributed by atoms with van der Waals surface area (Å²) in [7, 11) is 0. The van der Waals surface area contributed by atoms with Crippen molar-refractivity contribution < 1.29 is 9.90 Å². The van der Waals surface area contributed by atoms with E-state index in [1.807, 2.05) is 12.1 Å². The molecular weight excluding hydrogens is 284 g/mol. The Balaban J connectivity index is 2.41. The van der Waals surface area contributed by atoms with Crippen molar-refractivity contribution in [2.24, 2.45) is 0 Å². The van der Waals surface area contributed by atoms with E-state index in [2.05, 4.69) is 16.5 Å². The molecule has 0 amide bonds. The summed E-state index contributed by atoms with van der Waals surface area (Å²) in [6.45, 7) is 2.95. The Bertz CT molecular complexity index is 598. The highest BCUT2D eigenvalue weighted by atomic mass is 35.5. The van der Waals surface area contributed by atoms with Crippen LogP contribution < -0.4 is 0 Å². The van der Waals surface area contributed by atoms with Gasteiger partial charge in [-0.25, -0.2) is 4.98 Å². The van der Waals surface area contributed by atoms with Crippen LogP contribution in [0.5, 0.6) is 0 Å². The van der Waals surface area contributed by atoms with Crippen molar-refractivity contribution in [2.45, 2.75) is 31.5 Å². The van der Waals surface area contributed by atoms with Gasteiger partial charge in [-0.05, 0) is 18.6 Å². The Hall–Kier alpha value is -1.20. The number of carbonyl (C=O) groups is 1. The van der Waals surface area contributed by atoms with E-state index in [0.717, 1.165) is 35.6 Å². The number of carboxylic acids is 1. The third kappa shape index (κ3) is 3.22. The van der Waals surface area contributed by atoms with Crippen LogP contribution in [0.4, 0.5) is 0 Å². The van der Waals surface area contributed by atoms with Gasteiger partial charge in [0.2, 0.25) is 0 Å². The summed E-state index contributed by atoms with van der Waals surface area (Å²) < 4.78 is 2.05. The summed E-state index contributed by atoms with van der Waals surface area (Å²) in [5, 5.41) is 10.1. The highest BCUT2D eigenvalue weighted by molar-refractivity contribution is 7.99. The van der Waals surface area contributed by atoms with Crippen molar-refractivity contribution in [1.82, 2.24) is 9.55 Å². The van der Waals surface area contributed by atoms with Gasteiger partial charge in [0.1, 0.15) is 5.52 Å². The fourth-order valence-electron chi connectivity index (χ4n) is 1.86. The molecule has 0 unspecified atom stereocenters. The van der Waals surface area contributed by atoms with Gasteiger partial charge in [0, 0.05) is 6.54 Å². The average molecular weight is 299 g/mol. The standard InChI is InChI=1S/C13H15ClN2O2S/c1-2-3-7-16-10-6-4-5-9(14)12(10)15-13(16)19-8-11(17)18/h4-6H,2-3,7-8H2,1H3,(H,17,18). The SMILES string of the molecule is CCCCn1c(SCC(=O)O)nc2c(Cl)cccc21. The lowest BCUT2D eigenvalue weighted by molar-refractivity contribution is -0.133. The van der Waals surface area contributed by atoms with Crippen LogP contribution in [-0.2, 0) is 11.3 Å². The highest BCUT2D eigenvalue weighted by Crippen LogP contribution is 2.28. The van der Waals surface area contributed by atoms with Crippen LogP contribution in [0.25, 0.3) is 11.0 Å². The Labute approximate surface area is 120 Å². The molecule has 0 aliphatic rings. The van der Waals surface area contributed by atoms with E-state index in [1.54, 1.807) is 6.07 Å². The molecule has 0 radical (unpaired) electrons. The first-order chi connectivity index (χ1) is 9.13. The molecule has 1 N–H and O–H groups in total. The first-order valence-corrected chi connectivity index (χ1v) is 7.49. The molecule has 102 valence electrons. The second kappa shape index (κ2) is 6.30. The van der Waals surface area contributed by atoms with Crippen molar-refractivity contribution in [2.75, 3.05) is 5.75 Å². The number of imidazole rings is 1. The monoisotopic (exact) mass is 298 g/mol. The Morgan fingerprint density at radius 3 is 3.00 bits per heavy atom. The van der Waals surface area contributed by atoms with E-state index < -0.39 is 5.97 Å². The third-order valence-electron chi connectivity index (χ3n) is 2.75. The number of para-hydroxylation sites is 1. The van der Waals surface area contributed by atoms with Crippen molar-refractivity contribution in [3.63, 3.8) is 0 Å². The fraction of sp³-hybridized carbons (Fsp3) is 0.385. The topological polar surface area (TPSA) is 55.1 Å². The van der Waals surface area contributed by atoms with E-state index >= 15 is 0 Å². The van der Waals surface area contributed by atoms with Crippen molar-refractivity contribution in [3.05, 3.63) is 23.2 Å². The van der Waals surface area contributed by atoms with Gasteiger partial charge in [-0.15, -0.1) is 0 Å². The lowest BCUT2D eigenvalue weighted by Crippen LogP contribution is -2.03. The number of aromatic nitrogens is 2. The molecule has 4 nitrogen and oxygen atoms in total. The van der Waals surface area contributed by atoms with Crippen LogP contribution in [0.1, 0.15) is 19.8 Å². The molecule has 0 atom stereocenters. The quantitative estimate of drug-likeness (QED) is 0.827. The van der Waals surface area contributed by atoms with Crippen molar-refractivity contribution >= 4 is 40.4 Å². The van der Waals surface area contributed by atoms with Crippen LogP contribution in [0.3, 0.4) is 0 Å². The van der Waals surface area contributed by atoms with Crippen LogP contribution in [0.2, 0.25) is 5.02 Å². The summed E-state index contributed by atoms with van der Waals surface area (Å²) in [6, 6.07) is 5.65. The van der Waals surface area contributed by atoms with Gasteiger partial charge in [0.15, 0.2) is 5.16 Å². The molecule has 0 bridgehead atoms. The van der Waals surface area contributed by atoms with E-state index in [9.17, 15) is 4.79 Å². The van der Waals surface area contributed by atoms with Gasteiger partial charge in [0.05, 0.1) is 16.3 Å². The van der Waals surface area contributed by atoms with Gasteiger partial charge < -0.3 is 9.67 Å². The fourth-order valence-corrected chi connectivity index (χ4v) is 2.83. The summed E-state index contributed by atoms with van der Waals surface area (Å²) in [5.41, 5.74) is 1.71. The number of aliphatic carboxylic acids is 1. The number of fused-ring (bicyclic) bond motifs is 1. The Kier molecular flexibility index (Phi) is 4.71. The number of benzene rings is 1. The van der Waals surface area contributed by atoms with Gasteiger partial charge >= 0.3 is 5.97 Å². The smallest absolute Gasteiger partial charge is 0.313 e. The maximum absolute atomic E-state index is 10.7. The maximum Gasteiger partial charge on any atom is 0.313 e. The number of rotatable bonds is 6. The predicted octanol–water partition coefficient (Wildman–Crippen LogP) is 3.67. The van der Waals surface area contributed by atoms with Crippen LogP contribution in [-0.4, -0.2) is 26.4 Å². The minimum Gasteiger partial charge on any atom is -0.481 e. The number of hydrogen-bond donors (Lipinski definition) is 1. The number of carboxylic acid groups (broad SMARTS) is 1. The normalized spacial score (nSPS) is 11.1. The number of hydrogen-bond acceptors (Lipinski definition) is 3. The molecular formula is C13H15ClN2O2S. The van der Waals surface area contributed by atoms with Crippen molar-refractivity contribution in [1.29, 1.82) is 0 Å². The summed E-state index contributed by atoms with van der Waals surface area (Å²) in [4.78, 5) is 15.2. The molecule has 0 spiro atoms. The molecule has 0 saturated carbocycles. The van der Waals surface area contributed by atoms with E-state index in [1.165, 1.54) is 11.8 Å². The summed E-state index contributed by atoms with van der Waals surface area (Å²) in [5.74, 6) is -0.835. The molecule has 2 rings (SSSR count). The van der Waals surface area contributed by atoms with Gasteiger partial charge in [0.25, 0.3) is 0 Å². The molecule has 0 saturated heterocycles. The summed E-state index contributed by atoms with van der Waals surface area (Å²) >= 11 is 7.37. The third-order valence-corrected chi connectivity index (χ3v) is 4.02. The number of nitrogens with zero attached hydrogens (tertiary/aromatic N) is 2. The largest absolute Gasteiger partial charge is 0.481 e. The van der Waals surface area contributed by atoms with E-state index in [0.29, 0.717) is 5.02 Å². The number of aryl methyl sites for hydroxylation is 1. The second-order valence-corrected chi connectivity index (χ2v) is 5.54. The number of halogens is 1. The van der Waals surface area contributed by atoms with E-state index in [4.69, 9.17) is 16.7 Å². The molecule has 0 fully saturated rings. The van der Waals surface area contributed by atoms with Crippen LogP contribution in [0, 0.1) is 0 Å². The van der Waals surface area contributed by atoms with Gasteiger partial charge in [-0.3, -0.25) is 4.79 Å². The number of unbranched alkanes of at least 4 members (excludes halogenated alkanes) is 1. The first kappa shape index (κ1) is 14.2. The number of thioether (sulfide) groups is 1. The average Bonchev–Trinajstić information content (AvgIpc) is 2.73. The zero-order chi connectivity index (χ0) is 13.8. The Morgan fingerprint density at radius 2 is 2.32 bits per heavy atom. The van der Waals surface area contributed by atoms with Gasteiger partial charge in [-0.2, -0.15) is 0 Å². The molecule has 1 aromatic heterocycles. The Morgan fingerprint density at radius 1 is 1.53 bits per heavy atom. The molecule has 1 aromatic carbocycles.